The first-order valence-electron chi connectivity index (χ1n) is 11.5. The number of nitrogens with one attached hydrogen (secondary N) is 1. The second kappa shape index (κ2) is 11.3. The van der Waals surface area contributed by atoms with Crippen molar-refractivity contribution >= 4 is 34.9 Å². The summed E-state index contributed by atoms with van der Waals surface area (Å²) in [6.07, 6.45) is 3.38. The van der Waals surface area contributed by atoms with Gasteiger partial charge in [0.25, 0.3) is 0 Å². The average Bonchev–Trinajstić information content (AvgIpc) is 2.89. The van der Waals surface area contributed by atoms with Crippen molar-refractivity contribution in [2.45, 2.75) is 18.9 Å². The number of hydrogen-bond donors (Lipinski definition) is 1. The molecule has 0 atom stereocenters. The molecular formula is C26H31N5O3S. The van der Waals surface area contributed by atoms with E-state index in [4.69, 9.17) is 9.47 Å². The maximum Gasteiger partial charge on any atom is 0.234 e. The predicted molar refractivity (Wildman–Crippen MR) is 141 cm³/mol. The number of ether oxygens (including phenoxy) is 2. The largest absolute Gasteiger partial charge is 0.493 e. The number of nitrogens with zero attached hydrogens (tertiary/aromatic N) is 4. The Morgan fingerprint density at radius 3 is 2.40 bits per heavy atom. The third-order valence-electron chi connectivity index (χ3n) is 5.94. The number of anilines is 3. The van der Waals surface area contributed by atoms with Gasteiger partial charge in [0.05, 0.1) is 20.0 Å². The number of piperazine rings is 1. The maximum absolute atomic E-state index is 12.6. The second-order valence-electron chi connectivity index (χ2n) is 8.36. The molecule has 1 aliphatic rings. The van der Waals surface area contributed by atoms with Crippen molar-refractivity contribution in [3.05, 3.63) is 59.9 Å². The van der Waals surface area contributed by atoms with E-state index in [0.29, 0.717) is 17.2 Å². The minimum absolute atomic E-state index is 0.126. The van der Waals surface area contributed by atoms with Crippen LogP contribution in [-0.2, 0) is 4.79 Å². The first-order chi connectivity index (χ1) is 17.0. The number of benzene rings is 2. The molecule has 0 spiro atoms. The molecule has 0 radical (unpaired) electrons. The Hall–Kier alpha value is -3.46. The summed E-state index contributed by atoms with van der Waals surface area (Å²) >= 11 is 1.39. The zero-order valence-corrected chi connectivity index (χ0v) is 21.4. The van der Waals surface area contributed by atoms with Crippen LogP contribution >= 0.6 is 11.8 Å². The number of aromatic nitrogens is 2. The molecule has 1 N–H and O–H groups in total. The van der Waals surface area contributed by atoms with Crippen molar-refractivity contribution in [3.8, 4) is 11.5 Å². The molecule has 0 unspecified atom stereocenters. The van der Waals surface area contributed by atoms with Gasteiger partial charge in [0.15, 0.2) is 17.3 Å². The van der Waals surface area contributed by atoms with E-state index >= 15 is 0 Å². The minimum atomic E-state index is -0.126. The van der Waals surface area contributed by atoms with Crippen LogP contribution in [0.2, 0.25) is 0 Å². The summed E-state index contributed by atoms with van der Waals surface area (Å²) in [6, 6.07) is 11.9. The molecule has 1 amide bonds. The summed E-state index contributed by atoms with van der Waals surface area (Å²) in [6.45, 7) is 7.79. The number of hydrogen-bond acceptors (Lipinski definition) is 8. The third-order valence-corrected chi connectivity index (χ3v) is 6.91. The lowest BCUT2D eigenvalue weighted by Crippen LogP contribution is -2.47. The van der Waals surface area contributed by atoms with E-state index in [-0.39, 0.29) is 11.7 Å². The van der Waals surface area contributed by atoms with Gasteiger partial charge in [0.2, 0.25) is 5.91 Å². The highest BCUT2D eigenvalue weighted by Crippen LogP contribution is 2.31. The van der Waals surface area contributed by atoms with Crippen LogP contribution in [0.25, 0.3) is 0 Å². The Kier molecular flexibility index (Phi) is 7.97. The lowest BCUT2D eigenvalue weighted by molar-refractivity contribution is -0.113. The number of rotatable bonds is 8. The van der Waals surface area contributed by atoms with Gasteiger partial charge in [-0.25, -0.2) is 9.97 Å². The van der Waals surface area contributed by atoms with Crippen LogP contribution in [0.15, 0.2) is 53.8 Å². The van der Waals surface area contributed by atoms with Gasteiger partial charge in [-0.1, -0.05) is 23.9 Å². The van der Waals surface area contributed by atoms with Gasteiger partial charge < -0.3 is 24.6 Å². The molecule has 1 fully saturated rings. The van der Waals surface area contributed by atoms with E-state index in [1.54, 1.807) is 44.8 Å². The van der Waals surface area contributed by atoms with Crippen LogP contribution < -0.4 is 24.6 Å². The number of amides is 1. The summed E-state index contributed by atoms with van der Waals surface area (Å²) in [7, 11) is 3.14. The van der Waals surface area contributed by atoms with E-state index in [2.05, 4.69) is 57.1 Å². The van der Waals surface area contributed by atoms with E-state index in [1.807, 2.05) is 0 Å². The SMILES string of the molecule is COc1ccc(NC(=O)CSc2nccnc2N2CCN(c3cc(C)ccc3C)CC2)cc1OC. The Morgan fingerprint density at radius 1 is 0.943 bits per heavy atom. The van der Waals surface area contributed by atoms with Crippen LogP contribution in [0.3, 0.4) is 0 Å². The highest BCUT2D eigenvalue weighted by atomic mass is 32.2. The standard InChI is InChI=1S/C26H31N5O3S/c1-18-5-6-19(2)21(15-18)30-11-13-31(14-12-30)25-26(28-10-9-27-25)35-17-24(32)29-20-7-8-22(33-3)23(16-20)34-4/h5-10,15-16H,11-14,17H2,1-4H3,(H,29,32). The molecule has 1 aromatic heterocycles. The molecule has 9 heteroatoms. The van der Waals surface area contributed by atoms with Crippen molar-refractivity contribution in [3.63, 3.8) is 0 Å². The number of carbonyl (C=O) groups is 1. The Bertz CT molecular complexity index is 1180. The van der Waals surface area contributed by atoms with Gasteiger partial charge in [-0.05, 0) is 43.2 Å². The van der Waals surface area contributed by atoms with Crippen LogP contribution in [0.5, 0.6) is 11.5 Å². The van der Waals surface area contributed by atoms with E-state index in [1.165, 1.54) is 28.6 Å². The first-order valence-corrected chi connectivity index (χ1v) is 12.5. The molecular weight excluding hydrogens is 462 g/mol. The number of carbonyl (C=O) groups excluding carboxylic acids is 1. The van der Waals surface area contributed by atoms with Crippen LogP contribution in [0.4, 0.5) is 17.2 Å². The van der Waals surface area contributed by atoms with Crippen LogP contribution in [0.1, 0.15) is 11.1 Å². The van der Waals surface area contributed by atoms with Gasteiger partial charge in [0.1, 0.15) is 5.03 Å². The number of methoxy groups -OCH3 is 2. The molecule has 184 valence electrons. The zero-order valence-electron chi connectivity index (χ0n) is 20.6. The van der Waals surface area contributed by atoms with Gasteiger partial charge in [-0.15, -0.1) is 0 Å². The molecule has 2 heterocycles. The second-order valence-corrected chi connectivity index (χ2v) is 9.32. The number of thioether (sulfide) groups is 1. The Morgan fingerprint density at radius 2 is 1.66 bits per heavy atom. The highest BCUT2D eigenvalue weighted by molar-refractivity contribution is 8.00. The van der Waals surface area contributed by atoms with Crippen molar-refractivity contribution in [1.82, 2.24) is 9.97 Å². The predicted octanol–water partition coefficient (Wildman–Crippen LogP) is 4.17. The molecule has 3 aromatic rings. The molecule has 2 aromatic carbocycles. The Balaban J connectivity index is 1.36. The van der Waals surface area contributed by atoms with Crippen LogP contribution in [-0.4, -0.2) is 62.0 Å². The van der Waals surface area contributed by atoms with Gasteiger partial charge in [-0.2, -0.15) is 0 Å². The zero-order chi connectivity index (χ0) is 24.8. The normalized spacial score (nSPS) is 13.5. The monoisotopic (exact) mass is 493 g/mol. The number of aryl methyl sites for hydroxylation is 2. The summed E-state index contributed by atoms with van der Waals surface area (Å²) in [5.74, 6) is 2.11. The van der Waals surface area contributed by atoms with Gasteiger partial charge in [0, 0.05) is 56.0 Å². The average molecular weight is 494 g/mol. The first kappa shape index (κ1) is 24.7. The fourth-order valence-corrected chi connectivity index (χ4v) is 4.89. The van der Waals surface area contributed by atoms with Crippen LogP contribution in [0, 0.1) is 13.8 Å². The summed E-state index contributed by atoms with van der Waals surface area (Å²) < 4.78 is 10.6. The van der Waals surface area contributed by atoms with Crippen molar-refractivity contribution in [1.29, 1.82) is 0 Å². The van der Waals surface area contributed by atoms with Crippen molar-refractivity contribution in [2.75, 3.05) is 61.3 Å². The lowest BCUT2D eigenvalue weighted by atomic mass is 10.1. The minimum Gasteiger partial charge on any atom is -0.493 e. The maximum atomic E-state index is 12.6. The van der Waals surface area contributed by atoms with E-state index < -0.39 is 0 Å². The quantitative estimate of drug-likeness (QED) is 0.469. The topological polar surface area (TPSA) is 79.8 Å². The molecule has 35 heavy (non-hydrogen) atoms. The van der Waals surface area contributed by atoms with Gasteiger partial charge in [-0.3, -0.25) is 4.79 Å². The molecule has 1 saturated heterocycles. The molecule has 4 rings (SSSR count). The fourth-order valence-electron chi connectivity index (χ4n) is 4.10. The molecule has 0 bridgehead atoms. The fraction of sp³-hybridized carbons (Fsp3) is 0.346. The summed E-state index contributed by atoms with van der Waals surface area (Å²) in [4.78, 5) is 26.4. The molecule has 0 saturated carbocycles. The smallest absolute Gasteiger partial charge is 0.234 e. The van der Waals surface area contributed by atoms with E-state index in [9.17, 15) is 4.79 Å². The highest BCUT2D eigenvalue weighted by Gasteiger charge is 2.22. The molecule has 0 aliphatic carbocycles. The Labute approximate surface area is 210 Å². The molecule has 8 nitrogen and oxygen atoms in total. The summed E-state index contributed by atoms with van der Waals surface area (Å²) in [5, 5.41) is 3.67. The van der Waals surface area contributed by atoms with Crippen molar-refractivity contribution < 1.29 is 14.3 Å². The summed E-state index contributed by atoms with van der Waals surface area (Å²) in [5.41, 5.74) is 4.51. The lowest BCUT2D eigenvalue weighted by Gasteiger charge is -2.37. The third kappa shape index (κ3) is 5.97. The van der Waals surface area contributed by atoms with Crippen molar-refractivity contribution in [2.24, 2.45) is 0 Å². The molecule has 1 aliphatic heterocycles. The van der Waals surface area contributed by atoms with Gasteiger partial charge >= 0.3 is 0 Å². The van der Waals surface area contributed by atoms with E-state index in [0.717, 1.165) is 37.0 Å².